The molecule has 1 saturated heterocycles. The molecule has 1 aliphatic heterocycles. The van der Waals surface area contributed by atoms with E-state index in [4.69, 9.17) is 0 Å². The molecule has 0 N–H and O–H groups in total. The maximum Gasteiger partial charge on any atom is 0.243 e. The maximum atomic E-state index is 12.7. The Morgan fingerprint density at radius 2 is 1.58 bits per heavy atom. The van der Waals surface area contributed by atoms with Crippen LogP contribution in [0.25, 0.3) is 0 Å². The van der Waals surface area contributed by atoms with Crippen LogP contribution in [0.15, 0.2) is 47.4 Å². The molecule has 0 saturated carbocycles. The first kappa shape index (κ1) is 18.6. The highest BCUT2D eigenvalue weighted by molar-refractivity contribution is 7.89. The third kappa shape index (κ3) is 3.81. The van der Waals surface area contributed by atoms with E-state index < -0.39 is 10.0 Å². The number of aromatic nitrogens is 2. The van der Waals surface area contributed by atoms with Crippen LogP contribution >= 0.6 is 0 Å². The van der Waals surface area contributed by atoms with Crippen LogP contribution in [0.3, 0.4) is 0 Å². The Labute approximate surface area is 155 Å². The second kappa shape index (κ2) is 8.01. The summed E-state index contributed by atoms with van der Waals surface area (Å²) in [5.41, 5.74) is 0. The molecule has 3 rings (SSSR count). The van der Waals surface area contributed by atoms with E-state index in [1.165, 1.54) is 4.31 Å². The zero-order chi connectivity index (χ0) is 18.6. The zero-order valence-electron chi connectivity index (χ0n) is 15.2. The summed E-state index contributed by atoms with van der Waals surface area (Å²) in [6.07, 6.45) is 0. The van der Waals surface area contributed by atoms with Crippen molar-refractivity contribution in [1.82, 2.24) is 14.5 Å². The molecule has 0 unspecified atom stereocenters. The first-order valence-corrected chi connectivity index (χ1v) is 10.4. The zero-order valence-corrected chi connectivity index (χ0v) is 16.1. The van der Waals surface area contributed by atoms with Crippen molar-refractivity contribution in [2.75, 3.05) is 49.1 Å². The minimum Gasteiger partial charge on any atom is -0.356 e. The van der Waals surface area contributed by atoms with E-state index in [9.17, 15) is 8.42 Å². The minimum atomic E-state index is -3.43. The Morgan fingerprint density at radius 1 is 0.923 bits per heavy atom. The fourth-order valence-corrected chi connectivity index (χ4v) is 4.55. The highest BCUT2D eigenvalue weighted by Gasteiger charge is 2.28. The van der Waals surface area contributed by atoms with Gasteiger partial charge in [-0.2, -0.15) is 4.31 Å². The van der Waals surface area contributed by atoms with Crippen molar-refractivity contribution in [3.63, 3.8) is 0 Å². The second-order valence-corrected chi connectivity index (χ2v) is 8.06. The van der Waals surface area contributed by atoms with Crippen molar-refractivity contribution in [1.29, 1.82) is 0 Å². The van der Waals surface area contributed by atoms with Crippen LogP contribution in [0.1, 0.15) is 13.8 Å². The van der Waals surface area contributed by atoms with Gasteiger partial charge in [0.15, 0.2) is 11.6 Å². The Balaban J connectivity index is 1.65. The smallest absolute Gasteiger partial charge is 0.243 e. The summed E-state index contributed by atoms with van der Waals surface area (Å²) < 4.78 is 26.9. The monoisotopic (exact) mass is 375 g/mol. The van der Waals surface area contributed by atoms with E-state index in [-0.39, 0.29) is 0 Å². The summed E-state index contributed by atoms with van der Waals surface area (Å²) in [6, 6.07) is 12.5. The van der Waals surface area contributed by atoms with Crippen LogP contribution in [-0.4, -0.2) is 62.2 Å². The highest BCUT2D eigenvalue weighted by Crippen LogP contribution is 2.20. The molecule has 26 heavy (non-hydrogen) atoms. The van der Waals surface area contributed by atoms with Crippen molar-refractivity contribution >= 4 is 21.7 Å². The number of anilines is 2. The Hall–Kier alpha value is -2.19. The van der Waals surface area contributed by atoms with Gasteiger partial charge in [0.2, 0.25) is 10.0 Å². The predicted molar refractivity (Wildman–Crippen MR) is 103 cm³/mol. The van der Waals surface area contributed by atoms with Crippen LogP contribution in [0.4, 0.5) is 11.6 Å². The van der Waals surface area contributed by atoms with Gasteiger partial charge in [-0.05, 0) is 38.1 Å². The molecule has 1 aromatic heterocycles. The molecule has 0 atom stereocenters. The SMILES string of the molecule is CCN(CC)c1ccc(N2CCN(S(=O)(=O)c3ccccc3)CC2)nn1. The quantitative estimate of drug-likeness (QED) is 0.767. The summed E-state index contributed by atoms with van der Waals surface area (Å²) in [5.74, 6) is 1.65. The summed E-state index contributed by atoms with van der Waals surface area (Å²) in [4.78, 5) is 4.56. The van der Waals surface area contributed by atoms with Gasteiger partial charge >= 0.3 is 0 Å². The standard InChI is InChI=1S/C18H25N5O2S/c1-3-21(4-2)17-10-11-18(20-19-17)22-12-14-23(15-13-22)26(24,25)16-8-6-5-7-9-16/h5-11H,3-4,12-15H2,1-2H3. The number of hydrogen-bond acceptors (Lipinski definition) is 6. The molecular formula is C18H25N5O2S. The molecule has 2 heterocycles. The number of piperazine rings is 1. The van der Waals surface area contributed by atoms with Crippen molar-refractivity contribution in [3.05, 3.63) is 42.5 Å². The van der Waals surface area contributed by atoms with Gasteiger partial charge in [0, 0.05) is 39.3 Å². The van der Waals surface area contributed by atoms with Gasteiger partial charge in [-0.25, -0.2) is 8.42 Å². The molecule has 0 aliphatic carbocycles. The number of nitrogens with zero attached hydrogens (tertiary/aromatic N) is 5. The first-order chi connectivity index (χ1) is 12.6. The Morgan fingerprint density at radius 3 is 2.12 bits per heavy atom. The highest BCUT2D eigenvalue weighted by atomic mass is 32.2. The summed E-state index contributed by atoms with van der Waals surface area (Å²) in [6.45, 7) is 8.04. The van der Waals surface area contributed by atoms with Crippen molar-refractivity contribution in [3.8, 4) is 0 Å². The predicted octanol–water partition coefficient (Wildman–Crippen LogP) is 1.83. The second-order valence-electron chi connectivity index (χ2n) is 6.13. The Kier molecular flexibility index (Phi) is 5.73. The lowest BCUT2D eigenvalue weighted by molar-refractivity contribution is 0.383. The fourth-order valence-electron chi connectivity index (χ4n) is 3.10. The number of sulfonamides is 1. The largest absolute Gasteiger partial charge is 0.356 e. The summed E-state index contributed by atoms with van der Waals surface area (Å²) in [5, 5.41) is 8.64. The molecule has 0 amide bonds. The lowest BCUT2D eigenvalue weighted by atomic mass is 10.3. The number of benzene rings is 1. The van der Waals surface area contributed by atoms with E-state index in [1.807, 2.05) is 18.2 Å². The molecule has 0 spiro atoms. The lowest BCUT2D eigenvalue weighted by Gasteiger charge is -2.34. The van der Waals surface area contributed by atoms with Crippen LogP contribution in [-0.2, 0) is 10.0 Å². The first-order valence-electron chi connectivity index (χ1n) is 8.95. The maximum absolute atomic E-state index is 12.7. The van der Waals surface area contributed by atoms with Gasteiger partial charge in [0.05, 0.1) is 4.90 Å². The average molecular weight is 375 g/mol. The van der Waals surface area contributed by atoms with Gasteiger partial charge in [0.25, 0.3) is 0 Å². The normalized spacial score (nSPS) is 15.8. The Bertz CT molecular complexity index is 799. The van der Waals surface area contributed by atoms with Gasteiger partial charge < -0.3 is 9.80 Å². The molecule has 1 aliphatic rings. The topological polar surface area (TPSA) is 69.6 Å². The molecule has 1 aromatic carbocycles. The van der Waals surface area contributed by atoms with Gasteiger partial charge in [-0.15, -0.1) is 10.2 Å². The molecule has 0 bridgehead atoms. The van der Waals surface area contributed by atoms with Crippen LogP contribution in [0.5, 0.6) is 0 Å². The third-order valence-electron chi connectivity index (χ3n) is 4.67. The molecule has 7 nitrogen and oxygen atoms in total. The van der Waals surface area contributed by atoms with E-state index in [0.717, 1.165) is 24.7 Å². The van der Waals surface area contributed by atoms with E-state index >= 15 is 0 Å². The number of rotatable bonds is 6. The van der Waals surface area contributed by atoms with E-state index in [0.29, 0.717) is 31.1 Å². The molecular weight excluding hydrogens is 350 g/mol. The van der Waals surface area contributed by atoms with Crippen molar-refractivity contribution in [2.45, 2.75) is 18.7 Å². The van der Waals surface area contributed by atoms with Crippen LogP contribution in [0.2, 0.25) is 0 Å². The molecule has 8 heteroatoms. The third-order valence-corrected chi connectivity index (χ3v) is 6.58. The summed E-state index contributed by atoms with van der Waals surface area (Å²) >= 11 is 0. The van der Waals surface area contributed by atoms with Crippen LogP contribution in [0, 0.1) is 0 Å². The fraction of sp³-hybridized carbons (Fsp3) is 0.444. The molecule has 0 radical (unpaired) electrons. The summed E-state index contributed by atoms with van der Waals surface area (Å²) in [7, 11) is -3.43. The van der Waals surface area contributed by atoms with E-state index in [1.54, 1.807) is 24.3 Å². The average Bonchev–Trinajstić information content (AvgIpc) is 2.70. The van der Waals surface area contributed by atoms with Crippen molar-refractivity contribution < 1.29 is 8.42 Å². The van der Waals surface area contributed by atoms with Crippen LogP contribution < -0.4 is 9.80 Å². The van der Waals surface area contributed by atoms with E-state index in [2.05, 4.69) is 33.8 Å². The lowest BCUT2D eigenvalue weighted by Crippen LogP contribution is -2.49. The molecule has 1 fully saturated rings. The van der Waals surface area contributed by atoms with Crippen molar-refractivity contribution in [2.24, 2.45) is 0 Å². The van der Waals surface area contributed by atoms with Gasteiger partial charge in [0.1, 0.15) is 0 Å². The van der Waals surface area contributed by atoms with Gasteiger partial charge in [-0.3, -0.25) is 0 Å². The van der Waals surface area contributed by atoms with Gasteiger partial charge in [-0.1, -0.05) is 18.2 Å². The molecule has 140 valence electrons. The number of hydrogen-bond donors (Lipinski definition) is 0. The molecule has 2 aromatic rings. The minimum absolute atomic E-state index is 0.344.